The molecular formula is C18H14O4. The molecule has 0 aliphatic carbocycles. The summed E-state index contributed by atoms with van der Waals surface area (Å²) in [5.74, 6) is -0.0112. The van der Waals surface area contributed by atoms with Crippen LogP contribution in [0.5, 0.6) is 23.0 Å². The lowest BCUT2D eigenvalue weighted by molar-refractivity contribution is 0.450. The molecule has 3 rings (SSSR count). The Balaban J connectivity index is 1.98. The first-order valence-electron chi connectivity index (χ1n) is 6.68. The van der Waals surface area contributed by atoms with Crippen molar-refractivity contribution in [3.05, 3.63) is 60.7 Å². The van der Waals surface area contributed by atoms with Gasteiger partial charge in [-0.1, -0.05) is 24.3 Å². The Morgan fingerprint density at radius 2 is 0.636 bits per heavy atom. The third-order valence-electron chi connectivity index (χ3n) is 3.36. The molecule has 3 aromatic carbocycles. The van der Waals surface area contributed by atoms with E-state index in [4.69, 9.17) is 0 Å². The Kier molecular flexibility index (Phi) is 3.35. The van der Waals surface area contributed by atoms with E-state index in [-0.39, 0.29) is 23.0 Å². The maximum Gasteiger partial charge on any atom is 0.119 e. The molecule has 0 spiro atoms. The zero-order chi connectivity index (χ0) is 15.7. The van der Waals surface area contributed by atoms with Gasteiger partial charge in [-0.15, -0.1) is 0 Å². The molecule has 22 heavy (non-hydrogen) atoms. The van der Waals surface area contributed by atoms with E-state index in [1.54, 1.807) is 24.3 Å². The van der Waals surface area contributed by atoms with Crippen LogP contribution in [-0.4, -0.2) is 20.4 Å². The number of hydrogen-bond donors (Lipinski definition) is 4. The first-order chi connectivity index (χ1) is 10.5. The zero-order valence-electron chi connectivity index (χ0n) is 11.6. The second kappa shape index (κ2) is 5.33. The molecule has 4 nitrogen and oxygen atoms in total. The molecule has 4 N–H and O–H groups in total. The average Bonchev–Trinajstić information content (AvgIpc) is 2.45. The largest absolute Gasteiger partial charge is 0.508 e. The maximum atomic E-state index is 9.53. The van der Waals surface area contributed by atoms with E-state index in [0.717, 1.165) is 11.1 Å². The van der Waals surface area contributed by atoms with Crippen LogP contribution >= 0.6 is 0 Å². The topological polar surface area (TPSA) is 80.9 Å². The monoisotopic (exact) mass is 294 g/mol. The maximum absolute atomic E-state index is 9.53. The van der Waals surface area contributed by atoms with Crippen LogP contribution in [0.4, 0.5) is 0 Å². The highest BCUT2D eigenvalue weighted by atomic mass is 16.3. The molecule has 3 aromatic rings. The molecule has 0 aliphatic heterocycles. The summed E-state index contributed by atoms with van der Waals surface area (Å²) in [5.41, 5.74) is 3.06. The third kappa shape index (κ3) is 2.81. The van der Waals surface area contributed by atoms with Crippen LogP contribution in [0.1, 0.15) is 0 Å². The second-order valence-corrected chi connectivity index (χ2v) is 5.05. The summed E-state index contributed by atoms with van der Waals surface area (Å²) in [5, 5.41) is 38.1. The molecule has 0 fully saturated rings. The van der Waals surface area contributed by atoms with E-state index < -0.39 is 0 Å². The lowest BCUT2D eigenvalue weighted by atomic mass is 9.99. The highest BCUT2D eigenvalue weighted by Crippen LogP contribution is 2.32. The van der Waals surface area contributed by atoms with Crippen molar-refractivity contribution in [1.82, 2.24) is 0 Å². The summed E-state index contributed by atoms with van der Waals surface area (Å²) in [4.78, 5) is 0. The van der Waals surface area contributed by atoms with Crippen molar-refractivity contribution < 1.29 is 20.4 Å². The van der Waals surface area contributed by atoms with Gasteiger partial charge in [-0.2, -0.15) is 0 Å². The van der Waals surface area contributed by atoms with E-state index in [0.29, 0.717) is 11.1 Å². The van der Waals surface area contributed by atoms with E-state index in [1.807, 2.05) is 24.3 Å². The summed E-state index contributed by atoms with van der Waals surface area (Å²) in [7, 11) is 0. The average molecular weight is 294 g/mol. The van der Waals surface area contributed by atoms with Crippen molar-refractivity contribution in [3.63, 3.8) is 0 Å². The van der Waals surface area contributed by atoms with Crippen molar-refractivity contribution in [2.75, 3.05) is 0 Å². The highest BCUT2D eigenvalue weighted by molar-refractivity contribution is 5.73. The van der Waals surface area contributed by atoms with Crippen molar-refractivity contribution in [2.45, 2.75) is 0 Å². The van der Waals surface area contributed by atoms with Crippen LogP contribution < -0.4 is 0 Å². The fraction of sp³-hybridized carbons (Fsp3) is 0. The lowest BCUT2D eigenvalue weighted by Gasteiger charge is -2.07. The second-order valence-electron chi connectivity index (χ2n) is 5.05. The number of aromatic hydroxyl groups is 4. The molecule has 0 amide bonds. The fourth-order valence-corrected chi connectivity index (χ4v) is 2.38. The number of benzene rings is 3. The number of hydrogen-bond acceptors (Lipinski definition) is 4. The van der Waals surface area contributed by atoms with Crippen LogP contribution in [-0.2, 0) is 0 Å². The van der Waals surface area contributed by atoms with Crippen molar-refractivity contribution >= 4 is 0 Å². The molecule has 4 heteroatoms. The van der Waals surface area contributed by atoms with Crippen molar-refractivity contribution in [1.29, 1.82) is 0 Å². The molecule has 110 valence electrons. The molecule has 0 saturated heterocycles. The van der Waals surface area contributed by atoms with Gasteiger partial charge in [-0.25, -0.2) is 0 Å². The predicted octanol–water partition coefficient (Wildman–Crippen LogP) is 3.84. The molecule has 0 saturated carbocycles. The van der Waals surface area contributed by atoms with Crippen LogP contribution in [0.3, 0.4) is 0 Å². The SMILES string of the molecule is Oc1cc(O)cc(-c2ccc(-c3cc(O)cc(O)c3)cc2)c1. The van der Waals surface area contributed by atoms with Crippen LogP contribution in [0, 0.1) is 0 Å². The van der Waals surface area contributed by atoms with Crippen LogP contribution in [0.2, 0.25) is 0 Å². The molecular weight excluding hydrogens is 280 g/mol. The molecule has 0 bridgehead atoms. The number of phenols is 4. The van der Waals surface area contributed by atoms with Crippen LogP contribution in [0.15, 0.2) is 60.7 Å². The molecule has 0 unspecified atom stereocenters. The third-order valence-corrected chi connectivity index (χ3v) is 3.36. The standard InChI is InChI=1S/C18H14O4/c19-15-5-13(6-16(20)9-15)11-1-2-12(4-3-11)14-7-17(21)10-18(22)8-14/h1-10,19-22H. The molecule has 0 heterocycles. The Morgan fingerprint density at radius 1 is 0.364 bits per heavy atom. The normalized spacial score (nSPS) is 10.5. The minimum absolute atomic E-state index is 0.00280. The Morgan fingerprint density at radius 3 is 0.909 bits per heavy atom. The summed E-state index contributed by atoms with van der Waals surface area (Å²) in [6.45, 7) is 0. The smallest absolute Gasteiger partial charge is 0.119 e. The zero-order valence-corrected chi connectivity index (χ0v) is 11.6. The quantitative estimate of drug-likeness (QED) is 0.579. The van der Waals surface area contributed by atoms with E-state index >= 15 is 0 Å². The van der Waals surface area contributed by atoms with Crippen molar-refractivity contribution in [3.8, 4) is 45.3 Å². The van der Waals surface area contributed by atoms with E-state index in [1.165, 1.54) is 12.1 Å². The molecule has 0 atom stereocenters. The van der Waals surface area contributed by atoms with E-state index in [9.17, 15) is 20.4 Å². The molecule has 0 aromatic heterocycles. The summed E-state index contributed by atoms with van der Waals surface area (Å²) < 4.78 is 0. The van der Waals surface area contributed by atoms with Gasteiger partial charge in [0.05, 0.1) is 0 Å². The lowest BCUT2D eigenvalue weighted by Crippen LogP contribution is -1.81. The molecule has 0 radical (unpaired) electrons. The molecule has 0 aliphatic rings. The van der Waals surface area contributed by atoms with Gasteiger partial charge >= 0.3 is 0 Å². The van der Waals surface area contributed by atoms with Gasteiger partial charge in [0.1, 0.15) is 23.0 Å². The van der Waals surface area contributed by atoms with Crippen molar-refractivity contribution in [2.24, 2.45) is 0 Å². The highest BCUT2D eigenvalue weighted by Gasteiger charge is 2.05. The minimum atomic E-state index is -0.00280. The van der Waals surface area contributed by atoms with Gasteiger partial charge in [0.2, 0.25) is 0 Å². The summed E-state index contributed by atoms with van der Waals surface area (Å²) in [6.07, 6.45) is 0. The van der Waals surface area contributed by atoms with Gasteiger partial charge < -0.3 is 20.4 Å². The predicted molar refractivity (Wildman–Crippen MR) is 84.0 cm³/mol. The fourth-order valence-electron chi connectivity index (χ4n) is 2.38. The first-order valence-corrected chi connectivity index (χ1v) is 6.68. The Labute approximate surface area is 127 Å². The number of rotatable bonds is 2. The number of phenolic OH excluding ortho intramolecular Hbond substituents is 4. The summed E-state index contributed by atoms with van der Waals surface area (Å²) >= 11 is 0. The Bertz CT molecular complexity index is 712. The van der Waals surface area contributed by atoms with Gasteiger partial charge in [0.25, 0.3) is 0 Å². The van der Waals surface area contributed by atoms with E-state index in [2.05, 4.69) is 0 Å². The summed E-state index contributed by atoms with van der Waals surface area (Å²) in [6, 6.07) is 16.2. The Hall–Kier alpha value is -3.14. The minimum Gasteiger partial charge on any atom is -0.508 e. The van der Waals surface area contributed by atoms with Gasteiger partial charge in [-0.05, 0) is 46.5 Å². The van der Waals surface area contributed by atoms with Crippen LogP contribution in [0.25, 0.3) is 22.3 Å². The van der Waals surface area contributed by atoms with Gasteiger partial charge in [0, 0.05) is 12.1 Å². The van der Waals surface area contributed by atoms with Gasteiger partial charge in [-0.3, -0.25) is 0 Å². The van der Waals surface area contributed by atoms with Gasteiger partial charge in [0.15, 0.2) is 0 Å². The first kappa shape index (κ1) is 13.8.